The molecule has 1 rings (SSSR count). The van der Waals surface area contributed by atoms with Crippen molar-refractivity contribution in [2.45, 2.75) is 40.0 Å². The van der Waals surface area contributed by atoms with Crippen molar-refractivity contribution in [3.63, 3.8) is 0 Å². The Labute approximate surface area is 103 Å². The normalized spacial score (nSPS) is 10.7. The van der Waals surface area contributed by atoms with Crippen LogP contribution < -0.4 is 0 Å². The second kappa shape index (κ2) is 7.19. The summed E-state index contributed by atoms with van der Waals surface area (Å²) in [5.41, 5.74) is 1.40. The maximum Gasteiger partial charge on any atom is 0.184 e. The first-order valence-corrected chi connectivity index (χ1v) is 5.64. The first kappa shape index (κ1) is 15.8. The fourth-order valence-corrected chi connectivity index (χ4v) is 1.25. The minimum Gasteiger partial charge on any atom is -0.352 e. The number of carbonyl (C=O) groups excluding carboxylic acids is 1. The van der Waals surface area contributed by atoms with Crippen molar-refractivity contribution in [3.8, 4) is 0 Å². The lowest BCUT2D eigenvalue weighted by atomic mass is 10.2. The highest BCUT2D eigenvalue weighted by atomic mass is 16.7. The van der Waals surface area contributed by atoms with Gasteiger partial charge in [0.05, 0.1) is 12.7 Å². The van der Waals surface area contributed by atoms with Gasteiger partial charge < -0.3 is 9.47 Å². The Balaban J connectivity index is 0.00000121. The molecule has 0 atom stereocenters. The molecule has 0 saturated heterocycles. The molecule has 17 heavy (non-hydrogen) atoms. The Bertz CT molecular complexity index is 344. The van der Waals surface area contributed by atoms with Crippen LogP contribution in [0.2, 0.25) is 0 Å². The number of ether oxygens (including phenoxy) is 2. The highest BCUT2D eigenvalue weighted by molar-refractivity contribution is 5.74. The van der Waals surface area contributed by atoms with E-state index < -0.39 is 5.79 Å². The number of aryl methyl sites for hydroxylation is 1. The third-order valence-electron chi connectivity index (χ3n) is 2.49. The molecular weight excluding hydrogens is 220 g/mol. The van der Waals surface area contributed by atoms with Crippen LogP contribution in [0.5, 0.6) is 0 Å². The van der Waals surface area contributed by atoms with Crippen molar-refractivity contribution in [2.24, 2.45) is 0 Å². The lowest BCUT2D eigenvalue weighted by molar-refractivity contribution is -0.202. The molecule has 0 aliphatic carbocycles. The van der Waals surface area contributed by atoms with Crippen molar-refractivity contribution >= 4 is 6.29 Å². The fraction of sp³-hybridized carbons (Fsp3) is 0.667. The topological polar surface area (TPSA) is 53.4 Å². The van der Waals surface area contributed by atoms with E-state index in [1.165, 1.54) is 0 Å². The number of aromatic nitrogens is 2. The summed E-state index contributed by atoms with van der Waals surface area (Å²) < 4.78 is 12.0. The van der Waals surface area contributed by atoms with Gasteiger partial charge in [0.2, 0.25) is 0 Å². The number of rotatable bonds is 5. The summed E-state index contributed by atoms with van der Waals surface area (Å²) in [6.07, 6.45) is 2.43. The summed E-state index contributed by atoms with van der Waals surface area (Å²) >= 11 is 0. The number of nitrogens with zero attached hydrogens (tertiary/aromatic N) is 2. The van der Waals surface area contributed by atoms with Gasteiger partial charge in [0.25, 0.3) is 0 Å². The minimum absolute atomic E-state index is 0.377. The third-order valence-corrected chi connectivity index (χ3v) is 2.49. The molecule has 0 aliphatic heterocycles. The van der Waals surface area contributed by atoms with Gasteiger partial charge in [0.1, 0.15) is 5.69 Å². The Morgan fingerprint density at radius 3 is 2.35 bits per heavy atom. The standard InChI is InChI=1S/C10H16N2O3.C2H6/c1-8-5-11-12(9(8)6-13)7-10(2,14-3)15-4;1-2/h5-6H,7H2,1-4H3;1-2H3. The smallest absolute Gasteiger partial charge is 0.184 e. The minimum atomic E-state index is -0.768. The van der Waals surface area contributed by atoms with E-state index in [0.29, 0.717) is 12.2 Å². The predicted octanol–water partition coefficient (Wildman–Crippen LogP) is 2.04. The molecule has 0 aromatic carbocycles. The molecule has 5 nitrogen and oxygen atoms in total. The zero-order chi connectivity index (χ0) is 13.5. The SMILES string of the molecule is CC.COC(C)(Cn1ncc(C)c1C=O)OC. The summed E-state index contributed by atoms with van der Waals surface area (Å²) in [6, 6.07) is 0. The summed E-state index contributed by atoms with van der Waals surface area (Å²) in [5.74, 6) is -0.768. The quantitative estimate of drug-likeness (QED) is 0.585. The summed E-state index contributed by atoms with van der Waals surface area (Å²) in [7, 11) is 3.11. The van der Waals surface area contributed by atoms with Crippen LogP contribution in [0, 0.1) is 6.92 Å². The van der Waals surface area contributed by atoms with Crippen LogP contribution in [-0.2, 0) is 16.0 Å². The van der Waals surface area contributed by atoms with E-state index in [2.05, 4.69) is 5.10 Å². The van der Waals surface area contributed by atoms with Crippen molar-refractivity contribution < 1.29 is 14.3 Å². The van der Waals surface area contributed by atoms with Gasteiger partial charge in [-0.15, -0.1) is 0 Å². The van der Waals surface area contributed by atoms with Crippen molar-refractivity contribution in [2.75, 3.05) is 14.2 Å². The van der Waals surface area contributed by atoms with Crippen LogP contribution in [0.25, 0.3) is 0 Å². The molecule has 0 spiro atoms. The van der Waals surface area contributed by atoms with Crippen molar-refractivity contribution in [1.29, 1.82) is 0 Å². The van der Waals surface area contributed by atoms with Crippen LogP contribution in [0.1, 0.15) is 36.8 Å². The number of carbonyl (C=O) groups is 1. The number of hydrogen-bond acceptors (Lipinski definition) is 4. The van der Waals surface area contributed by atoms with Gasteiger partial charge in [-0.1, -0.05) is 13.8 Å². The molecule has 0 saturated carbocycles. The van der Waals surface area contributed by atoms with Crippen LogP contribution in [0.3, 0.4) is 0 Å². The Hall–Kier alpha value is -1.20. The molecule has 0 N–H and O–H groups in total. The average molecular weight is 242 g/mol. The van der Waals surface area contributed by atoms with Crippen LogP contribution >= 0.6 is 0 Å². The molecular formula is C12H22N2O3. The Morgan fingerprint density at radius 1 is 1.41 bits per heavy atom. The van der Waals surface area contributed by atoms with Crippen LogP contribution in [-0.4, -0.2) is 36.1 Å². The number of hydrogen-bond donors (Lipinski definition) is 0. The molecule has 1 aromatic heterocycles. The Morgan fingerprint density at radius 2 is 1.94 bits per heavy atom. The van der Waals surface area contributed by atoms with Gasteiger partial charge >= 0.3 is 0 Å². The van der Waals surface area contributed by atoms with Crippen molar-refractivity contribution in [1.82, 2.24) is 9.78 Å². The second-order valence-corrected chi connectivity index (χ2v) is 3.53. The first-order valence-electron chi connectivity index (χ1n) is 5.64. The molecule has 0 bridgehead atoms. The maximum absolute atomic E-state index is 10.8. The first-order chi connectivity index (χ1) is 8.06. The van der Waals surface area contributed by atoms with E-state index in [-0.39, 0.29) is 0 Å². The Kier molecular flexibility index (Phi) is 6.68. The zero-order valence-corrected chi connectivity index (χ0v) is 11.5. The summed E-state index contributed by atoms with van der Waals surface area (Å²) in [4.78, 5) is 10.8. The van der Waals surface area contributed by atoms with E-state index in [4.69, 9.17) is 9.47 Å². The predicted molar refractivity (Wildman–Crippen MR) is 66.1 cm³/mol. The van der Waals surface area contributed by atoms with Crippen LogP contribution in [0.4, 0.5) is 0 Å². The zero-order valence-electron chi connectivity index (χ0n) is 11.5. The lowest BCUT2D eigenvalue weighted by Crippen LogP contribution is -2.36. The van der Waals surface area contributed by atoms with E-state index in [1.807, 2.05) is 20.8 Å². The molecule has 0 amide bonds. The number of methoxy groups -OCH3 is 2. The van der Waals surface area contributed by atoms with Gasteiger partial charge in [-0.05, 0) is 19.4 Å². The molecule has 98 valence electrons. The largest absolute Gasteiger partial charge is 0.352 e. The monoisotopic (exact) mass is 242 g/mol. The average Bonchev–Trinajstić information content (AvgIpc) is 2.72. The molecule has 5 heteroatoms. The molecule has 0 unspecified atom stereocenters. The lowest BCUT2D eigenvalue weighted by Gasteiger charge is -2.26. The molecule has 1 aromatic rings. The maximum atomic E-state index is 10.8. The van der Waals surface area contributed by atoms with Crippen LogP contribution in [0.15, 0.2) is 6.20 Å². The third kappa shape index (κ3) is 3.94. The van der Waals surface area contributed by atoms with Gasteiger partial charge in [0.15, 0.2) is 12.1 Å². The highest BCUT2D eigenvalue weighted by Gasteiger charge is 2.25. The van der Waals surface area contributed by atoms with E-state index >= 15 is 0 Å². The molecule has 1 heterocycles. The van der Waals surface area contributed by atoms with Gasteiger partial charge in [-0.25, -0.2) is 0 Å². The van der Waals surface area contributed by atoms with Gasteiger partial charge in [-0.3, -0.25) is 9.48 Å². The highest BCUT2D eigenvalue weighted by Crippen LogP contribution is 2.15. The summed E-state index contributed by atoms with van der Waals surface area (Å²) in [5, 5.41) is 4.09. The number of aldehydes is 1. The molecule has 0 fully saturated rings. The van der Waals surface area contributed by atoms with Gasteiger partial charge in [-0.2, -0.15) is 5.10 Å². The second-order valence-electron chi connectivity index (χ2n) is 3.53. The van der Waals surface area contributed by atoms with E-state index in [9.17, 15) is 4.79 Å². The fourth-order valence-electron chi connectivity index (χ4n) is 1.25. The van der Waals surface area contributed by atoms with E-state index in [1.54, 1.807) is 32.0 Å². The van der Waals surface area contributed by atoms with E-state index in [0.717, 1.165) is 11.8 Å². The van der Waals surface area contributed by atoms with Crippen molar-refractivity contribution in [3.05, 3.63) is 17.5 Å². The summed E-state index contributed by atoms with van der Waals surface area (Å²) in [6.45, 7) is 8.00. The molecule has 0 radical (unpaired) electrons. The van der Waals surface area contributed by atoms with Gasteiger partial charge in [0, 0.05) is 14.2 Å². The molecule has 0 aliphatic rings.